The molecule has 0 saturated carbocycles. The van der Waals surface area contributed by atoms with Crippen molar-refractivity contribution in [3.63, 3.8) is 0 Å². The summed E-state index contributed by atoms with van der Waals surface area (Å²) in [7, 11) is 0. The molecule has 0 aliphatic rings. The third-order valence-corrected chi connectivity index (χ3v) is 7.53. The molecule has 0 N–H and O–H groups in total. The minimum absolute atomic E-state index is 0.0319. The Morgan fingerprint density at radius 3 is 1.36 bits per heavy atom. The number of hydrogen-bond acceptors (Lipinski definition) is 0. The van der Waals surface area contributed by atoms with Crippen LogP contribution in [0.4, 0.5) is 0 Å². The van der Waals surface area contributed by atoms with Crippen molar-refractivity contribution in [3.8, 4) is 0 Å². The van der Waals surface area contributed by atoms with E-state index in [0.29, 0.717) is 0 Å². The molecule has 64 valence electrons. The molecule has 0 aromatic heterocycles. The molecule has 2 rings (SSSR count). The van der Waals surface area contributed by atoms with Gasteiger partial charge in [0.25, 0.3) is 0 Å². The quantitative estimate of drug-likeness (QED) is 0.524. The van der Waals surface area contributed by atoms with Crippen LogP contribution in [-0.2, 0) is 0 Å². The molecular weight excluding hydrogens is 198 g/mol. The molecular formula is C12H10NaP. The minimum atomic E-state index is -0.0319. The summed E-state index contributed by atoms with van der Waals surface area (Å²) < 4.78 is -0.0319. The first kappa shape index (κ1) is 10.4. The van der Waals surface area contributed by atoms with Crippen LogP contribution in [0, 0.1) is 0 Å². The standard InChI is InChI=1S/C12H10P.Na/c1-3-7-11(8-4-1)13-12-9-5-2-6-10-12;/h1-10H;/q-1;+1. The predicted molar refractivity (Wildman–Crippen MR) is 64.8 cm³/mol. The average molecular weight is 208 g/mol. The van der Waals surface area contributed by atoms with E-state index in [0.717, 1.165) is 0 Å². The fraction of sp³-hybridized carbons (Fsp3) is 0. The van der Waals surface area contributed by atoms with Gasteiger partial charge in [0.2, 0.25) is 0 Å². The van der Waals surface area contributed by atoms with Crippen LogP contribution in [0.2, 0.25) is 0 Å². The van der Waals surface area contributed by atoms with Crippen molar-refractivity contribution in [2.75, 3.05) is 0 Å². The molecule has 2 aromatic rings. The molecule has 0 spiro atoms. The molecule has 0 aliphatic carbocycles. The molecule has 0 amide bonds. The zero-order chi connectivity index (χ0) is 9.80. The first-order valence-electron chi connectivity index (χ1n) is 4.72. The second kappa shape index (κ2) is 5.09. The predicted octanol–water partition coefficient (Wildman–Crippen LogP) is 2.20. The van der Waals surface area contributed by atoms with Gasteiger partial charge in [0.1, 0.15) is 0 Å². The van der Waals surface area contributed by atoms with Crippen LogP contribution < -0.4 is 10.6 Å². The Labute approximate surface area is 103 Å². The van der Waals surface area contributed by atoms with Gasteiger partial charge in [-0.2, -0.15) is 0 Å². The Hall–Kier alpha value is -0.130. The average Bonchev–Trinajstić information content (AvgIpc) is 2.30. The van der Waals surface area contributed by atoms with Gasteiger partial charge in [0.15, 0.2) is 0 Å². The number of hydrogen-bond donors (Lipinski definition) is 0. The zero-order valence-electron chi connectivity index (χ0n) is 8.22. The monoisotopic (exact) mass is 208 g/mol. The van der Waals surface area contributed by atoms with Crippen LogP contribution in [0.25, 0.3) is 0 Å². The van der Waals surface area contributed by atoms with E-state index in [1.165, 1.54) is 37.9 Å². The molecule has 0 bridgehead atoms. The van der Waals surface area contributed by atoms with Gasteiger partial charge in [-0.25, -0.2) is 0 Å². The summed E-state index contributed by atoms with van der Waals surface area (Å²) in [6.07, 6.45) is 0. The second-order valence-corrected chi connectivity index (χ2v) is 8.06. The Morgan fingerprint density at radius 2 is 1.00 bits per heavy atom. The van der Waals surface area contributed by atoms with E-state index in [1.807, 2.05) is 0 Å². The summed E-state index contributed by atoms with van der Waals surface area (Å²) in [5, 5.41) is 3.00. The van der Waals surface area contributed by atoms with Crippen molar-refractivity contribution in [2.45, 2.75) is 0 Å². The normalized spacial score (nSPS) is 10.5. The van der Waals surface area contributed by atoms with Crippen molar-refractivity contribution in [1.82, 2.24) is 0 Å². The van der Waals surface area contributed by atoms with Crippen molar-refractivity contribution in [3.05, 3.63) is 60.7 Å². The molecule has 0 radical (unpaired) electrons. The molecule has 0 heterocycles. The fourth-order valence-electron chi connectivity index (χ4n) is 1.45. The van der Waals surface area contributed by atoms with Crippen LogP contribution in [-0.4, -0.2) is 27.3 Å². The maximum absolute atomic E-state index is 2.24. The van der Waals surface area contributed by atoms with E-state index < -0.39 is 0 Å². The summed E-state index contributed by atoms with van der Waals surface area (Å²) >= 11 is 1.23. The van der Waals surface area contributed by atoms with E-state index in [9.17, 15) is 0 Å². The maximum atomic E-state index is 2.24. The Morgan fingerprint density at radius 1 is 0.643 bits per heavy atom. The molecule has 0 aliphatic heterocycles. The van der Waals surface area contributed by atoms with Crippen LogP contribution in [0.1, 0.15) is 0 Å². The molecule has 0 saturated heterocycles. The number of benzene rings is 2. The molecule has 0 atom stereocenters. The molecule has 14 heavy (non-hydrogen) atoms. The Kier molecular flexibility index (Phi) is 3.78. The van der Waals surface area contributed by atoms with E-state index in [2.05, 4.69) is 60.7 Å². The Balaban J connectivity index is 2.30. The van der Waals surface area contributed by atoms with Gasteiger partial charge < -0.3 is 0 Å². The summed E-state index contributed by atoms with van der Waals surface area (Å²) in [6, 6.07) is 21.7. The van der Waals surface area contributed by atoms with E-state index in [1.54, 1.807) is 0 Å². The van der Waals surface area contributed by atoms with Gasteiger partial charge in [-0.1, -0.05) is 0 Å². The molecule has 0 fully saturated rings. The van der Waals surface area contributed by atoms with Crippen molar-refractivity contribution in [2.24, 2.45) is 0 Å². The van der Waals surface area contributed by atoms with Gasteiger partial charge in [0, 0.05) is 0 Å². The second-order valence-electron chi connectivity index (χ2n) is 3.23. The van der Waals surface area contributed by atoms with Crippen molar-refractivity contribution in [1.29, 1.82) is 0 Å². The van der Waals surface area contributed by atoms with E-state index >= 15 is 0 Å². The molecule has 2 aromatic carbocycles. The summed E-state index contributed by atoms with van der Waals surface area (Å²) in [5.74, 6) is 0. The molecule has 2 heteroatoms. The van der Waals surface area contributed by atoms with E-state index in [4.69, 9.17) is 0 Å². The van der Waals surface area contributed by atoms with Gasteiger partial charge in [0.05, 0.1) is 0 Å². The topological polar surface area (TPSA) is 0 Å². The van der Waals surface area contributed by atoms with Crippen LogP contribution in [0.3, 0.4) is 0 Å². The van der Waals surface area contributed by atoms with Crippen molar-refractivity contribution < 1.29 is 0 Å². The summed E-state index contributed by atoms with van der Waals surface area (Å²) in [5.41, 5.74) is 0. The third kappa shape index (κ3) is 2.46. The SMILES string of the molecule is [Na][P](c1ccccc1)c1ccccc1. The summed E-state index contributed by atoms with van der Waals surface area (Å²) in [4.78, 5) is 0. The third-order valence-electron chi connectivity index (χ3n) is 2.29. The fourth-order valence-corrected chi connectivity index (χ4v) is 4.78. The van der Waals surface area contributed by atoms with Gasteiger partial charge in [-0.15, -0.1) is 0 Å². The first-order chi connectivity index (χ1) is 6.88. The first-order valence-corrected chi connectivity index (χ1v) is 9.19. The zero-order valence-corrected chi connectivity index (χ0v) is 11.1. The van der Waals surface area contributed by atoms with Gasteiger partial charge in [-0.05, 0) is 0 Å². The summed E-state index contributed by atoms with van der Waals surface area (Å²) in [6.45, 7) is 0. The molecule has 0 nitrogen and oxygen atoms in total. The van der Waals surface area contributed by atoms with Gasteiger partial charge in [-0.3, -0.25) is 0 Å². The van der Waals surface area contributed by atoms with Gasteiger partial charge >= 0.3 is 103 Å². The van der Waals surface area contributed by atoms with Crippen molar-refractivity contribution >= 4 is 42.6 Å². The van der Waals surface area contributed by atoms with E-state index in [-0.39, 0.29) is 4.68 Å². The molecule has 0 unspecified atom stereocenters. The van der Waals surface area contributed by atoms with Crippen LogP contribution in [0.15, 0.2) is 60.7 Å². The Bertz CT molecular complexity index is 346. The van der Waals surface area contributed by atoms with Crippen LogP contribution in [0.5, 0.6) is 0 Å². The number of rotatable bonds is 2. The van der Waals surface area contributed by atoms with Crippen LogP contribution >= 0.6 is 4.68 Å².